The Labute approximate surface area is 230 Å². The molecule has 1 saturated heterocycles. The summed E-state index contributed by atoms with van der Waals surface area (Å²) in [5, 5.41) is -0.359. The highest BCUT2D eigenvalue weighted by Gasteiger charge is 2.50. The van der Waals surface area contributed by atoms with Crippen molar-refractivity contribution in [2.45, 2.75) is 63.6 Å². The van der Waals surface area contributed by atoms with Gasteiger partial charge in [-0.2, -0.15) is 26.3 Å². The molecule has 5 rings (SSSR count). The van der Waals surface area contributed by atoms with Gasteiger partial charge < -0.3 is 4.90 Å². The average Bonchev–Trinajstić information content (AvgIpc) is 3.09. The molecule has 1 aliphatic heterocycles. The Morgan fingerprint density at radius 1 is 1.02 bits per heavy atom. The Morgan fingerprint density at radius 2 is 1.73 bits per heavy atom. The molecule has 2 aromatic carbocycles. The first-order chi connectivity index (χ1) is 18.5. The van der Waals surface area contributed by atoms with Crippen molar-refractivity contribution in [2.24, 2.45) is 10.8 Å². The SMILES string of the molecule is CC1(C)C[C@@H]2C[C@](C)(CN2C(=O)CSc2nc3ccccc3c(=O)n2-c2cc(C(F)(F)F)ccc2C(F)(F)F)C1. The standard InChI is InChI=1S/C28H27F6N3O2S/c1-25(2)11-17-12-26(3,14-25)15-36(17)22(38)13-40-24-35-20-7-5-4-6-18(20)23(39)37(24)21-10-16(27(29,30)31)8-9-19(21)28(32,33)34/h4-10,17H,11-15H2,1-3H3/t17-,26+/m1/s1. The molecule has 2 heterocycles. The zero-order valence-electron chi connectivity index (χ0n) is 22.0. The number of likely N-dealkylation sites (tertiary alicyclic amines) is 1. The van der Waals surface area contributed by atoms with Gasteiger partial charge in [-0.15, -0.1) is 0 Å². The number of halogens is 6. The lowest BCUT2D eigenvalue weighted by molar-refractivity contribution is -0.141. The number of hydrogen-bond acceptors (Lipinski definition) is 4. The van der Waals surface area contributed by atoms with E-state index in [1.54, 1.807) is 11.0 Å². The Hall–Kier alpha value is -3.02. The molecule has 1 aromatic heterocycles. The second-order valence-electron chi connectivity index (χ2n) is 11.8. The highest BCUT2D eigenvalue weighted by molar-refractivity contribution is 7.99. The second kappa shape index (κ2) is 9.53. The number of rotatable bonds is 4. The molecule has 0 spiro atoms. The maximum atomic E-state index is 14.0. The first-order valence-electron chi connectivity index (χ1n) is 12.7. The van der Waals surface area contributed by atoms with Crippen molar-refractivity contribution in [3.63, 3.8) is 0 Å². The largest absolute Gasteiger partial charge is 0.418 e. The van der Waals surface area contributed by atoms with Crippen molar-refractivity contribution in [1.82, 2.24) is 14.5 Å². The molecule has 2 bridgehead atoms. The Kier molecular flexibility index (Phi) is 6.79. The van der Waals surface area contributed by atoms with Crippen molar-refractivity contribution in [3.8, 4) is 5.69 Å². The van der Waals surface area contributed by atoms with Crippen LogP contribution in [0.5, 0.6) is 0 Å². The van der Waals surface area contributed by atoms with Gasteiger partial charge in [-0.1, -0.05) is 44.7 Å². The fourth-order valence-corrected chi connectivity index (χ4v) is 7.41. The van der Waals surface area contributed by atoms with Crippen LogP contribution in [-0.4, -0.2) is 38.7 Å². The van der Waals surface area contributed by atoms with Crippen molar-refractivity contribution in [1.29, 1.82) is 0 Å². The van der Waals surface area contributed by atoms with Crippen LogP contribution in [0, 0.1) is 10.8 Å². The summed E-state index contributed by atoms with van der Waals surface area (Å²) < 4.78 is 83.2. The molecule has 0 N–H and O–H groups in total. The lowest BCUT2D eigenvalue weighted by atomic mass is 9.65. The Bertz CT molecular complexity index is 1550. The summed E-state index contributed by atoms with van der Waals surface area (Å²) >= 11 is 0.744. The van der Waals surface area contributed by atoms with E-state index in [0.29, 0.717) is 29.3 Å². The highest BCUT2D eigenvalue weighted by Crippen LogP contribution is 2.52. The fraction of sp³-hybridized carbons (Fsp3) is 0.464. The van der Waals surface area contributed by atoms with E-state index in [0.717, 1.165) is 31.0 Å². The number of benzene rings is 2. The van der Waals surface area contributed by atoms with E-state index in [9.17, 15) is 35.9 Å². The quantitative estimate of drug-likeness (QED) is 0.190. The van der Waals surface area contributed by atoms with Crippen LogP contribution in [0.2, 0.25) is 0 Å². The van der Waals surface area contributed by atoms with E-state index in [2.05, 4.69) is 25.8 Å². The van der Waals surface area contributed by atoms with E-state index in [1.165, 1.54) is 18.2 Å². The predicted molar refractivity (Wildman–Crippen MR) is 139 cm³/mol. The minimum Gasteiger partial charge on any atom is -0.338 e. The van der Waals surface area contributed by atoms with Crippen LogP contribution in [0.3, 0.4) is 0 Å². The highest BCUT2D eigenvalue weighted by atomic mass is 32.2. The molecule has 0 unspecified atom stereocenters. The molecule has 2 fully saturated rings. The molecule has 0 radical (unpaired) electrons. The van der Waals surface area contributed by atoms with Gasteiger partial charge in [0.05, 0.1) is 33.5 Å². The summed E-state index contributed by atoms with van der Waals surface area (Å²) in [7, 11) is 0. The molecule has 1 saturated carbocycles. The number of para-hydroxylation sites is 1. The Balaban J connectivity index is 1.58. The summed E-state index contributed by atoms with van der Waals surface area (Å²) in [6.45, 7) is 7.00. The molecule has 5 nitrogen and oxygen atoms in total. The van der Waals surface area contributed by atoms with Gasteiger partial charge in [0.25, 0.3) is 5.56 Å². The maximum Gasteiger partial charge on any atom is 0.418 e. The monoisotopic (exact) mass is 583 g/mol. The molecule has 12 heteroatoms. The topological polar surface area (TPSA) is 55.2 Å². The number of aromatic nitrogens is 2. The van der Waals surface area contributed by atoms with Crippen molar-refractivity contribution in [3.05, 3.63) is 63.9 Å². The average molecular weight is 584 g/mol. The molecule has 2 aliphatic rings. The first kappa shape index (κ1) is 28.5. The summed E-state index contributed by atoms with van der Waals surface area (Å²) in [6, 6.07) is 6.85. The smallest absolute Gasteiger partial charge is 0.338 e. The van der Waals surface area contributed by atoms with E-state index in [-0.39, 0.29) is 44.6 Å². The summed E-state index contributed by atoms with van der Waals surface area (Å²) in [5.74, 6) is -0.497. The van der Waals surface area contributed by atoms with E-state index in [1.807, 2.05) is 0 Å². The van der Waals surface area contributed by atoms with E-state index >= 15 is 0 Å². The number of hydrogen-bond donors (Lipinski definition) is 0. The van der Waals surface area contributed by atoms with E-state index in [4.69, 9.17) is 0 Å². The van der Waals surface area contributed by atoms with Gasteiger partial charge in [-0.05, 0) is 60.4 Å². The van der Waals surface area contributed by atoms with E-state index < -0.39 is 34.7 Å². The maximum absolute atomic E-state index is 14.0. The molecular formula is C28H27F6N3O2S. The zero-order valence-corrected chi connectivity index (χ0v) is 22.8. The number of carbonyl (C=O) groups is 1. The minimum absolute atomic E-state index is 0.0221. The van der Waals surface area contributed by atoms with Gasteiger partial charge in [0.2, 0.25) is 5.91 Å². The number of thioether (sulfide) groups is 1. The van der Waals surface area contributed by atoms with Crippen LogP contribution >= 0.6 is 11.8 Å². The number of carbonyl (C=O) groups excluding carboxylic acids is 1. The number of nitrogens with zero attached hydrogens (tertiary/aromatic N) is 3. The van der Waals surface area contributed by atoms with Gasteiger partial charge in [-0.25, -0.2) is 4.98 Å². The van der Waals surface area contributed by atoms with Crippen LogP contribution < -0.4 is 5.56 Å². The molecule has 1 aliphatic carbocycles. The number of alkyl halides is 6. The minimum atomic E-state index is -5.06. The summed E-state index contributed by atoms with van der Waals surface area (Å²) in [4.78, 5) is 33.0. The lowest BCUT2D eigenvalue weighted by Gasteiger charge is -2.39. The van der Waals surface area contributed by atoms with Crippen molar-refractivity contribution in [2.75, 3.05) is 12.3 Å². The third kappa shape index (κ3) is 5.34. The normalized spacial score (nSPS) is 22.6. The number of fused-ring (bicyclic) bond motifs is 3. The molecular weight excluding hydrogens is 556 g/mol. The zero-order chi connectivity index (χ0) is 29.3. The molecule has 2 atom stereocenters. The third-order valence-corrected chi connectivity index (χ3v) is 8.60. The van der Waals surface area contributed by atoms with Gasteiger partial charge in [0, 0.05) is 12.6 Å². The van der Waals surface area contributed by atoms with Gasteiger partial charge in [-0.3, -0.25) is 14.2 Å². The predicted octanol–water partition coefficient (Wildman–Crippen LogP) is 6.94. The lowest BCUT2D eigenvalue weighted by Crippen LogP contribution is -2.38. The molecule has 214 valence electrons. The van der Waals surface area contributed by atoms with Crippen molar-refractivity contribution >= 4 is 28.6 Å². The first-order valence-corrected chi connectivity index (χ1v) is 13.7. The fourth-order valence-electron chi connectivity index (χ4n) is 6.52. The Morgan fingerprint density at radius 3 is 2.40 bits per heavy atom. The van der Waals surface area contributed by atoms with Gasteiger partial charge >= 0.3 is 12.4 Å². The molecule has 40 heavy (non-hydrogen) atoms. The molecule has 3 aromatic rings. The summed E-state index contributed by atoms with van der Waals surface area (Å²) in [6.07, 6.45) is -7.39. The molecule has 1 amide bonds. The van der Waals surface area contributed by atoms with Crippen LogP contribution in [0.4, 0.5) is 26.3 Å². The van der Waals surface area contributed by atoms with Crippen molar-refractivity contribution < 1.29 is 31.1 Å². The van der Waals surface area contributed by atoms with Crippen LogP contribution in [0.25, 0.3) is 16.6 Å². The van der Waals surface area contributed by atoms with Crippen LogP contribution in [0.15, 0.2) is 52.4 Å². The second-order valence-corrected chi connectivity index (χ2v) is 12.7. The van der Waals surface area contributed by atoms with Gasteiger partial charge in [0.1, 0.15) is 0 Å². The third-order valence-electron chi connectivity index (χ3n) is 7.68. The van der Waals surface area contributed by atoms with Crippen LogP contribution in [-0.2, 0) is 17.1 Å². The van der Waals surface area contributed by atoms with Gasteiger partial charge in [0.15, 0.2) is 5.16 Å². The summed E-state index contributed by atoms with van der Waals surface area (Å²) in [5.41, 5.74) is -4.55. The number of amides is 1. The van der Waals surface area contributed by atoms with Crippen LogP contribution in [0.1, 0.15) is 51.2 Å².